The molecule has 1 amide bonds. The average Bonchev–Trinajstić information content (AvgIpc) is 2.97. The van der Waals surface area contributed by atoms with E-state index in [1.807, 2.05) is 0 Å². The second kappa shape index (κ2) is 11.6. The number of rotatable bonds is 7. The Morgan fingerprint density at radius 1 is 1.14 bits per heavy atom. The molecule has 1 saturated heterocycles. The summed E-state index contributed by atoms with van der Waals surface area (Å²) >= 11 is 0. The summed E-state index contributed by atoms with van der Waals surface area (Å²) in [6, 6.07) is 15.9. The lowest BCUT2D eigenvalue weighted by Crippen LogP contribution is -2.55. The minimum absolute atomic E-state index is 0.0945. The summed E-state index contributed by atoms with van der Waals surface area (Å²) in [5.74, 6) is 0.742. The summed E-state index contributed by atoms with van der Waals surface area (Å²) in [5, 5.41) is 12.0. The molecule has 1 atom stereocenters. The number of carbonyl (C=O) groups is 1. The second-order valence-corrected chi connectivity index (χ2v) is 11.9. The highest BCUT2D eigenvalue weighted by molar-refractivity contribution is 5.97. The van der Waals surface area contributed by atoms with E-state index in [1.54, 1.807) is 4.90 Å². The summed E-state index contributed by atoms with van der Waals surface area (Å²) in [6.07, 6.45) is 4.40. The molecule has 0 unspecified atom stereocenters. The third-order valence-electron chi connectivity index (χ3n) is 9.09. The molecule has 9 heteroatoms. The predicted molar refractivity (Wildman–Crippen MR) is 165 cm³/mol. The van der Waals surface area contributed by atoms with Crippen molar-refractivity contribution in [2.75, 3.05) is 50.1 Å². The van der Waals surface area contributed by atoms with Crippen molar-refractivity contribution in [3.63, 3.8) is 0 Å². The predicted octanol–water partition coefficient (Wildman–Crippen LogP) is 4.09. The van der Waals surface area contributed by atoms with Crippen molar-refractivity contribution in [1.82, 2.24) is 19.8 Å². The number of amides is 1. The Hall–Kier alpha value is -4.16. The largest absolute Gasteiger partial charge is 0.460 e. The Balaban J connectivity index is 1.34. The Bertz CT molecular complexity index is 1540. The van der Waals surface area contributed by atoms with Crippen LogP contribution in [0.25, 0.3) is 10.8 Å². The van der Waals surface area contributed by atoms with Gasteiger partial charge in [0.1, 0.15) is 11.9 Å². The number of piperazine rings is 1. The van der Waals surface area contributed by atoms with E-state index in [4.69, 9.17) is 14.7 Å². The molecule has 2 fully saturated rings. The molecule has 1 saturated carbocycles. The molecule has 3 aliphatic rings. The molecule has 0 bridgehead atoms. The molecule has 0 spiro atoms. The van der Waals surface area contributed by atoms with Gasteiger partial charge in [0, 0.05) is 61.7 Å². The van der Waals surface area contributed by atoms with Crippen molar-refractivity contribution in [2.45, 2.75) is 57.3 Å². The van der Waals surface area contributed by atoms with Crippen molar-refractivity contribution < 1.29 is 9.53 Å². The lowest BCUT2D eigenvalue weighted by atomic mass is 9.88. The maximum Gasteiger partial charge on any atom is 0.318 e. The number of benzene rings is 2. The first-order valence-corrected chi connectivity index (χ1v) is 14.9. The number of nitrogens with zero attached hydrogens (tertiary/aromatic N) is 7. The fraction of sp³-hybridized carbons (Fsp3) is 0.455. The van der Waals surface area contributed by atoms with Gasteiger partial charge in [-0.25, -0.2) is 0 Å². The molecule has 1 aliphatic carbocycles. The number of hydrogen-bond acceptors (Lipinski definition) is 8. The number of fused-ring (bicyclic) bond motifs is 2. The van der Waals surface area contributed by atoms with Gasteiger partial charge in [0.2, 0.25) is 5.91 Å². The highest BCUT2D eigenvalue weighted by atomic mass is 16.5. The van der Waals surface area contributed by atoms with Crippen LogP contribution in [0.15, 0.2) is 49.1 Å². The lowest BCUT2D eigenvalue weighted by Gasteiger charge is -2.42. The van der Waals surface area contributed by atoms with Crippen LogP contribution in [-0.2, 0) is 17.8 Å². The van der Waals surface area contributed by atoms with Gasteiger partial charge in [0.25, 0.3) is 0 Å². The van der Waals surface area contributed by atoms with Gasteiger partial charge in [-0.05, 0) is 50.5 Å². The van der Waals surface area contributed by atoms with E-state index >= 15 is 0 Å². The lowest BCUT2D eigenvalue weighted by molar-refractivity contribution is -0.128. The third kappa shape index (κ3) is 5.27. The van der Waals surface area contributed by atoms with E-state index in [-0.39, 0.29) is 24.5 Å². The zero-order chi connectivity index (χ0) is 29.4. The zero-order valence-corrected chi connectivity index (χ0v) is 24.8. The molecule has 3 aromatic rings. The number of nitriles is 1. The normalized spacial score (nSPS) is 22.0. The van der Waals surface area contributed by atoms with Crippen LogP contribution < -0.4 is 14.5 Å². The Kier molecular flexibility index (Phi) is 7.74. The van der Waals surface area contributed by atoms with Gasteiger partial charge in [-0.1, -0.05) is 36.9 Å². The van der Waals surface area contributed by atoms with Crippen LogP contribution in [0.2, 0.25) is 0 Å². The van der Waals surface area contributed by atoms with Gasteiger partial charge in [0.05, 0.1) is 30.8 Å². The van der Waals surface area contributed by atoms with Gasteiger partial charge in [-0.2, -0.15) is 15.2 Å². The van der Waals surface area contributed by atoms with Crippen LogP contribution in [-0.4, -0.2) is 84.1 Å². The molecule has 1 aromatic heterocycles. The highest BCUT2D eigenvalue weighted by Crippen LogP contribution is 2.37. The second-order valence-electron chi connectivity index (χ2n) is 11.9. The number of carbonyl (C=O) groups excluding carboxylic acids is 1. The first-order chi connectivity index (χ1) is 20.4. The summed E-state index contributed by atoms with van der Waals surface area (Å²) in [5.41, 5.74) is 4.60. The Labute approximate surface area is 248 Å². The molecule has 42 heavy (non-hydrogen) atoms. The maximum absolute atomic E-state index is 12.5. The van der Waals surface area contributed by atoms with E-state index in [0.717, 1.165) is 42.9 Å². The Morgan fingerprint density at radius 2 is 1.93 bits per heavy atom. The summed E-state index contributed by atoms with van der Waals surface area (Å²) in [7, 11) is 4.21. The van der Waals surface area contributed by atoms with Crippen LogP contribution in [0.5, 0.6) is 6.01 Å². The van der Waals surface area contributed by atoms with Crippen LogP contribution in [0, 0.1) is 18.3 Å². The summed E-state index contributed by atoms with van der Waals surface area (Å²) < 4.78 is 6.39. The Morgan fingerprint density at radius 3 is 2.67 bits per heavy atom. The average molecular weight is 566 g/mol. The van der Waals surface area contributed by atoms with E-state index in [0.29, 0.717) is 38.2 Å². The first kappa shape index (κ1) is 28.0. The topological polar surface area (TPSA) is 88.8 Å². The van der Waals surface area contributed by atoms with Crippen molar-refractivity contribution in [3.05, 3.63) is 65.9 Å². The van der Waals surface area contributed by atoms with Gasteiger partial charge in [-0.15, -0.1) is 0 Å². The summed E-state index contributed by atoms with van der Waals surface area (Å²) in [4.78, 5) is 31.2. The SMILES string of the molecule is C=CC(=O)N1CCN(c2nc(O[C@H]3C[C@@H](N(C)C)C3)nc3c2CCN(c2cccc4cccc(C)c24)C3)C[C@@H]1CC#N. The molecule has 0 N–H and O–H groups in total. The number of hydrogen-bond donors (Lipinski definition) is 0. The van der Waals surface area contributed by atoms with E-state index < -0.39 is 0 Å². The quantitative estimate of drug-likeness (QED) is 0.396. The first-order valence-electron chi connectivity index (χ1n) is 14.9. The minimum atomic E-state index is -0.226. The number of anilines is 2. The van der Waals surface area contributed by atoms with Crippen molar-refractivity contribution >= 4 is 28.2 Å². The smallest absolute Gasteiger partial charge is 0.318 e. The molecular weight excluding hydrogens is 526 g/mol. The molecule has 0 radical (unpaired) electrons. The van der Waals surface area contributed by atoms with Crippen molar-refractivity contribution in [2.24, 2.45) is 0 Å². The standard InChI is InChI=1S/C33H39N7O2/c1-5-30(41)40-17-16-39(20-24(40)12-14-34)32-27-13-15-38(29-11-7-10-23-9-6-8-22(2)31(23)29)21-28(27)35-33(36-32)42-26-18-25(19-26)37(3)4/h5-11,24-26H,1,12-13,15-21H2,2-4H3/t24-,25-,26+/m0/s1. The fourth-order valence-electron chi connectivity index (χ4n) is 6.62. The van der Waals surface area contributed by atoms with Gasteiger partial charge < -0.3 is 24.3 Å². The number of ether oxygens (including phenoxy) is 1. The van der Waals surface area contributed by atoms with Gasteiger partial charge >= 0.3 is 6.01 Å². The van der Waals surface area contributed by atoms with Crippen LogP contribution in [0.1, 0.15) is 36.1 Å². The van der Waals surface area contributed by atoms with Crippen molar-refractivity contribution in [3.8, 4) is 12.1 Å². The van der Waals surface area contributed by atoms with Crippen LogP contribution in [0.3, 0.4) is 0 Å². The van der Waals surface area contributed by atoms with E-state index in [9.17, 15) is 10.1 Å². The molecule has 2 aliphatic heterocycles. The minimum Gasteiger partial charge on any atom is -0.460 e. The molecule has 9 nitrogen and oxygen atoms in total. The molecule has 6 rings (SSSR count). The fourth-order valence-corrected chi connectivity index (χ4v) is 6.62. The van der Waals surface area contributed by atoms with Gasteiger partial charge in [-0.3, -0.25) is 4.79 Å². The summed E-state index contributed by atoms with van der Waals surface area (Å²) in [6.45, 7) is 9.02. The zero-order valence-electron chi connectivity index (χ0n) is 24.8. The van der Waals surface area contributed by atoms with Gasteiger partial charge in [0.15, 0.2) is 0 Å². The monoisotopic (exact) mass is 565 g/mol. The molecule has 218 valence electrons. The third-order valence-corrected chi connectivity index (χ3v) is 9.09. The van der Waals surface area contributed by atoms with Crippen LogP contribution in [0.4, 0.5) is 11.5 Å². The van der Waals surface area contributed by atoms with Crippen molar-refractivity contribution in [1.29, 1.82) is 5.26 Å². The van der Waals surface area contributed by atoms with Crippen LogP contribution >= 0.6 is 0 Å². The van der Waals surface area contributed by atoms with E-state index in [1.165, 1.54) is 28.1 Å². The number of aryl methyl sites for hydroxylation is 1. The highest BCUT2D eigenvalue weighted by Gasteiger charge is 2.36. The maximum atomic E-state index is 12.5. The molecule has 3 heterocycles. The molecule has 2 aromatic carbocycles. The number of aromatic nitrogens is 2. The van der Waals surface area contributed by atoms with E-state index in [2.05, 4.69) is 84.8 Å². The molecular formula is C33H39N7O2.